The van der Waals surface area contributed by atoms with Crippen molar-refractivity contribution < 1.29 is 23.4 Å². The van der Waals surface area contributed by atoms with Crippen molar-refractivity contribution in [2.75, 3.05) is 75.6 Å². The molecule has 0 atom stereocenters. The molecule has 1 fully saturated rings. The summed E-state index contributed by atoms with van der Waals surface area (Å²) in [5.41, 5.74) is 6.88. The van der Waals surface area contributed by atoms with Gasteiger partial charge in [-0.05, 0) is 38.5 Å². The number of hydrogen-bond donors (Lipinski definition) is 0. The van der Waals surface area contributed by atoms with Crippen LogP contribution in [0.5, 0.6) is 11.5 Å². The van der Waals surface area contributed by atoms with Crippen LogP contribution in [0.15, 0.2) is 22.6 Å². The second-order valence-electron chi connectivity index (χ2n) is 9.21. The standard InChI is InChI=1S/C27H35N3O5/c1-18-5-6-22-23(17-18)33-15-16-34-27-19(2)24-26(35-21(4)28-24)20(3)25(27)30-9-13-31-11-7-29(22)8-12-32-14-10-30/h5-6,17H,7-16H2,1-4H3. The van der Waals surface area contributed by atoms with Crippen LogP contribution >= 0.6 is 0 Å². The van der Waals surface area contributed by atoms with Gasteiger partial charge < -0.3 is 33.2 Å². The van der Waals surface area contributed by atoms with E-state index in [1.165, 1.54) is 0 Å². The van der Waals surface area contributed by atoms with Gasteiger partial charge in [0.05, 0.1) is 37.8 Å². The number of aryl methyl sites for hydroxylation is 4. The summed E-state index contributed by atoms with van der Waals surface area (Å²) in [6.45, 7) is 14.4. The van der Waals surface area contributed by atoms with Gasteiger partial charge in [-0.1, -0.05) is 6.07 Å². The first-order chi connectivity index (χ1) is 17.0. The van der Waals surface area contributed by atoms with Gasteiger partial charge in [-0.2, -0.15) is 0 Å². The number of ether oxygens (including phenoxy) is 4. The Bertz CT molecular complexity index is 1180. The molecule has 3 aliphatic heterocycles. The first kappa shape index (κ1) is 23.8. The van der Waals surface area contributed by atoms with Crippen LogP contribution in [0.1, 0.15) is 22.6 Å². The van der Waals surface area contributed by atoms with Crippen LogP contribution in [0, 0.1) is 27.7 Å². The van der Waals surface area contributed by atoms with Crippen LogP contribution in [0.2, 0.25) is 0 Å². The molecular weight excluding hydrogens is 446 g/mol. The summed E-state index contributed by atoms with van der Waals surface area (Å²) in [6, 6.07) is 6.34. The lowest BCUT2D eigenvalue weighted by molar-refractivity contribution is 0.122. The van der Waals surface area contributed by atoms with Crippen LogP contribution in [-0.2, 0) is 9.47 Å². The van der Waals surface area contributed by atoms with Crippen LogP contribution in [0.3, 0.4) is 0 Å². The Kier molecular flexibility index (Phi) is 7.02. The maximum atomic E-state index is 6.45. The van der Waals surface area contributed by atoms with Gasteiger partial charge in [0, 0.05) is 44.2 Å². The number of oxazole rings is 1. The van der Waals surface area contributed by atoms with Gasteiger partial charge >= 0.3 is 0 Å². The van der Waals surface area contributed by atoms with Gasteiger partial charge in [-0.15, -0.1) is 0 Å². The number of rotatable bonds is 0. The Morgan fingerprint density at radius 2 is 1.40 bits per heavy atom. The van der Waals surface area contributed by atoms with Crippen molar-refractivity contribution in [2.45, 2.75) is 27.7 Å². The third kappa shape index (κ3) is 4.90. The van der Waals surface area contributed by atoms with Crippen molar-refractivity contribution >= 4 is 22.5 Å². The quantitative estimate of drug-likeness (QED) is 0.473. The third-order valence-electron chi connectivity index (χ3n) is 6.72. The van der Waals surface area contributed by atoms with Gasteiger partial charge in [0.25, 0.3) is 0 Å². The summed E-state index contributed by atoms with van der Waals surface area (Å²) in [5.74, 6) is 2.33. The first-order valence-electron chi connectivity index (χ1n) is 12.4. The van der Waals surface area contributed by atoms with Gasteiger partial charge in [0.15, 0.2) is 11.5 Å². The molecule has 0 N–H and O–H groups in total. The molecule has 35 heavy (non-hydrogen) atoms. The summed E-state index contributed by atoms with van der Waals surface area (Å²) in [6.07, 6.45) is 0. The number of fused-ring (bicyclic) bond motifs is 12. The van der Waals surface area contributed by atoms with E-state index in [1.54, 1.807) is 0 Å². The Labute approximate surface area is 206 Å². The maximum absolute atomic E-state index is 6.45. The third-order valence-corrected chi connectivity index (χ3v) is 6.72. The molecule has 0 aliphatic carbocycles. The molecule has 0 radical (unpaired) electrons. The van der Waals surface area contributed by atoms with Gasteiger partial charge in [-0.3, -0.25) is 0 Å². The van der Waals surface area contributed by atoms with Crippen LogP contribution < -0.4 is 19.3 Å². The van der Waals surface area contributed by atoms with Crippen molar-refractivity contribution in [2.24, 2.45) is 0 Å². The molecule has 0 saturated carbocycles. The molecular formula is C27H35N3O5. The molecule has 1 aromatic heterocycles. The van der Waals surface area contributed by atoms with Crippen LogP contribution in [0.25, 0.3) is 11.1 Å². The maximum Gasteiger partial charge on any atom is 0.192 e. The highest BCUT2D eigenvalue weighted by Gasteiger charge is 2.25. The Morgan fingerprint density at radius 1 is 0.743 bits per heavy atom. The lowest BCUT2D eigenvalue weighted by atomic mass is 10.1. The minimum absolute atomic E-state index is 0.420. The average Bonchev–Trinajstić information content (AvgIpc) is 3.22. The monoisotopic (exact) mass is 481 g/mol. The molecule has 2 bridgehead atoms. The fraction of sp³-hybridized carbons (Fsp3) is 0.519. The van der Waals surface area contributed by atoms with Gasteiger partial charge in [-0.25, -0.2) is 4.98 Å². The summed E-state index contributed by atoms with van der Waals surface area (Å²) in [4.78, 5) is 9.24. The van der Waals surface area contributed by atoms with Crippen LogP contribution in [-0.4, -0.2) is 70.8 Å². The first-order valence-corrected chi connectivity index (χ1v) is 12.4. The molecule has 3 aromatic rings. The summed E-state index contributed by atoms with van der Waals surface area (Å²) < 4.78 is 31.0. The fourth-order valence-corrected chi connectivity index (χ4v) is 4.94. The lowest BCUT2D eigenvalue weighted by Gasteiger charge is -2.30. The van der Waals surface area contributed by atoms with E-state index >= 15 is 0 Å². The van der Waals surface area contributed by atoms with E-state index in [-0.39, 0.29) is 0 Å². The van der Waals surface area contributed by atoms with E-state index in [1.807, 2.05) is 13.8 Å². The molecule has 8 heteroatoms. The van der Waals surface area contributed by atoms with E-state index in [4.69, 9.17) is 23.4 Å². The van der Waals surface area contributed by atoms with Crippen molar-refractivity contribution in [3.63, 3.8) is 0 Å². The lowest BCUT2D eigenvalue weighted by Crippen LogP contribution is -2.36. The van der Waals surface area contributed by atoms with E-state index < -0.39 is 0 Å². The van der Waals surface area contributed by atoms with Crippen molar-refractivity contribution in [1.82, 2.24) is 4.98 Å². The largest absolute Gasteiger partial charge is 0.488 e. The Balaban J connectivity index is 1.59. The number of aromatic nitrogens is 1. The number of benzene rings is 2. The number of hydrogen-bond acceptors (Lipinski definition) is 8. The topological polar surface area (TPSA) is 69.4 Å². The highest BCUT2D eigenvalue weighted by Crippen LogP contribution is 2.42. The van der Waals surface area contributed by atoms with Crippen molar-refractivity contribution in [1.29, 1.82) is 0 Å². The molecule has 4 heterocycles. The molecule has 8 nitrogen and oxygen atoms in total. The van der Waals surface area contributed by atoms with Crippen molar-refractivity contribution in [3.8, 4) is 11.5 Å². The molecule has 0 spiro atoms. The summed E-state index contributed by atoms with van der Waals surface area (Å²) >= 11 is 0. The highest BCUT2D eigenvalue weighted by molar-refractivity contribution is 5.90. The minimum Gasteiger partial charge on any atom is -0.488 e. The van der Waals surface area contributed by atoms with Crippen molar-refractivity contribution in [3.05, 3.63) is 40.8 Å². The molecule has 0 amide bonds. The smallest absolute Gasteiger partial charge is 0.192 e. The van der Waals surface area contributed by atoms with Crippen LogP contribution in [0.4, 0.5) is 11.4 Å². The predicted molar refractivity (Wildman–Crippen MR) is 136 cm³/mol. The summed E-state index contributed by atoms with van der Waals surface area (Å²) in [5, 5.41) is 0. The second kappa shape index (κ2) is 10.3. The zero-order valence-corrected chi connectivity index (χ0v) is 21.2. The predicted octanol–water partition coefficient (Wildman–Crippen LogP) is 4.19. The van der Waals surface area contributed by atoms with E-state index in [0.29, 0.717) is 45.5 Å². The summed E-state index contributed by atoms with van der Waals surface area (Å²) in [7, 11) is 0. The second-order valence-corrected chi connectivity index (χ2v) is 9.21. The van der Waals surface area contributed by atoms with Gasteiger partial charge in [0.2, 0.25) is 0 Å². The normalized spacial score (nSPS) is 17.8. The zero-order chi connectivity index (χ0) is 24.4. The van der Waals surface area contributed by atoms with E-state index in [9.17, 15) is 0 Å². The molecule has 0 unspecified atom stereocenters. The average molecular weight is 482 g/mol. The van der Waals surface area contributed by atoms with Gasteiger partial charge in [0.1, 0.15) is 30.2 Å². The molecule has 2 aromatic carbocycles. The molecule has 6 rings (SSSR count). The number of nitrogens with zero attached hydrogens (tertiary/aromatic N) is 3. The Morgan fingerprint density at radius 3 is 2.11 bits per heavy atom. The molecule has 3 aliphatic rings. The zero-order valence-electron chi connectivity index (χ0n) is 21.2. The number of anilines is 2. The highest BCUT2D eigenvalue weighted by atomic mass is 16.5. The SMILES string of the molecule is Cc1ccc2c(c1)OCCOc1c(c(C)c3oc(C)nc3c1C)N1CCOCCN2CCOCC1. The Hall–Kier alpha value is -2.97. The van der Waals surface area contributed by atoms with E-state index in [0.717, 1.165) is 76.8 Å². The van der Waals surface area contributed by atoms with E-state index in [2.05, 4.69) is 46.8 Å². The fourth-order valence-electron chi connectivity index (χ4n) is 4.94. The molecule has 188 valence electrons. The minimum atomic E-state index is 0.420. The molecule has 1 saturated heterocycles.